The van der Waals surface area contributed by atoms with E-state index in [1.165, 1.54) is 4.90 Å². The third-order valence-electron chi connectivity index (χ3n) is 2.06. The number of hydrogen-bond donors (Lipinski definition) is 1. The highest BCUT2D eigenvalue weighted by Crippen LogP contribution is 2.10. The lowest BCUT2D eigenvalue weighted by Gasteiger charge is -2.11. The van der Waals surface area contributed by atoms with Crippen molar-refractivity contribution in [2.24, 2.45) is 0 Å². The van der Waals surface area contributed by atoms with Crippen molar-refractivity contribution in [3.63, 3.8) is 0 Å². The van der Waals surface area contributed by atoms with Crippen molar-refractivity contribution in [3.05, 3.63) is 12.7 Å². The second-order valence-corrected chi connectivity index (χ2v) is 3.54. The number of nitrogens with zero attached hydrogens (tertiary/aromatic N) is 1. The molecule has 0 unspecified atom stereocenters. The Morgan fingerprint density at radius 2 is 2.40 bits per heavy atom. The molecule has 1 rings (SSSR count). The normalized spacial score (nSPS) is 20.3. The number of aliphatic carboxylic acids is 1. The molecule has 1 amide bonds. The zero-order valence-electron chi connectivity index (χ0n) is 8.06. The maximum atomic E-state index is 11.6. The molecule has 1 fully saturated rings. The van der Waals surface area contributed by atoms with Gasteiger partial charge in [-0.2, -0.15) is 0 Å². The zero-order valence-corrected chi connectivity index (χ0v) is 8.88. The van der Waals surface area contributed by atoms with E-state index in [2.05, 4.69) is 11.9 Å². The molecule has 5 nitrogen and oxygen atoms in total. The van der Waals surface area contributed by atoms with Gasteiger partial charge in [-0.1, -0.05) is 6.08 Å². The van der Waals surface area contributed by atoms with Crippen molar-refractivity contribution in [2.45, 2.75) is 18.9 Å². The summed E-state index contributed by atoms with van der Waals surface area (Å²) in [7, 11) is 0. The van der Waals surface area contributed by atoms with Gasteiger partial charge < -0.3 is 15.2 Å². The quantitative estimate of drug-likeness (QED) is 0.471. The molecule has 1 aliphatic heterocycles. The summed E-state index contributed by atoms with van der Waals surface area (Å²) in [6.07, 6.45) is 1.59. The molecule has 0 saturated carbocycles. The molecule has 15 heavy (non-hydrogen) atoms. The summed E-state index contributed by atoms with van der Waals surface area (Å²) in [5.74, 6) is -1.38. The Morgan fingerprint density at radius 3 is 2.93 bits per heavy atom. The van der Waals surface area contributed by atoms with Crippen molar-refractivity contribution in [1.29, 1.82) is 0 Å². The minimum atomic E-state index is -1.17. The predicted octanol–water partition coefficient (Wildman–Crippen LogP) is -1.21. The van der Waals surface area contributed by atoms with Gasteiger partial charge in [0, 0.05) is 12.5 Å². The standard InChI is InChI=1S/C9H12N2O3S/c1-2-5-11-8(14)6(10-9(11)15)3-4-7(12)13/h2,6H,1,3-5H2,(H,10,15)(H,12,13)/p-1/t6-/m1/s1. The molecule has 1 heterocycles. The van der Waals surface area contributed by atoms with Gasteiger partial charge in [-0.15, -0.1) is 6.58 Å². The van der Waals surface area contributed by atoms with Crippen LogP contribution in [0.25, 0.3) is 0 Å². The van der Waals surface area contributed by atoms with Gasteiger partial charge in [0.2, 0.25) is 0 Å². The maximum Gasteiger partial charge on any atom is 0.251 e. The molecule has 0 bridgehead atoms. The van der Waals surface area contributed by atoms with Gasteiger partial charge >= 0.3 is 0 Å². The van der Waals surface area contributed by atoms with Gasteiger partial charge in [-0.3, -0.25) is 9.69 Å². The van der Waals surface area contributed by atoms with Crippen LogP contribution in [0, 0.1) is 0 Å². The van der Waals surface area contributed by atoms with Crippen LogP contribution >= 0.6 is 12.2 Å². The number of carbonyl (C=O) groups is 2. The van der Waals surface area contributed by atoms with Crippen LogP contribution in [0.4, 0.5) is 0 Å². The van der Waals surface area contributed by atoms with Crippen LogP contribution in [0.5, 0.6) is 0 Å². The van der Waals surface area contributed by atoms with E-state index in [0.29, 0.717) is 11.7 Å². The summed E-state index contributed by atoms with van der Waals surface area (Å²) in [5.41, 5.74) is 0. The van der Waals surface area contributed by atoms with Gasteiger partial charge in [0.1, 0.15) is 6.04 Å². The molecule has 1 N–H and O–H groups in total. The summed E-state index contributed by atoms with van der Waals surface area (Å²) in [6, 6.07) is -0.546. The highest BCUT2D eigenvalue weighted by Gasteiger charge is 2.33. The van der Waals surface area contributed by atoms with Gasteiger partial charge in [0.15, 0.2) is 5.11 Å². The maximum absolute atomic E-state index is 11.6. The van der Waals surface area contributed by atoms with Crippen molar-refractivity contribution in [3.8, 4) is 0 Å². The zero-order chi connectivity index (χ0) is 11.4. The van der Waals surface area contributed by atoms with E-state index in [9.17, 15) is 14.7 Å². The molecule has 0 aromatic heterocycles. The van der Waals surface area contributed by atoms with E-state index < -0.39 is 12.0 Å². The van der Waals surface area contributed by atoms with Crippen LogP contribution in [0.1, 0.15) is 12.8 Å². The summed E-state index contributed by atoms with van der Waals surface area (Å²) in [4.78, 5) is 23.2. The SMILES string of the molecule is C=CCN1C(=O)[C@@H](CCC(=O)[O-])NC1=S. The molecule has 6 heteroatoms. The highest BCUT2D eigenvalue weighted by atomic mass is 32.1. The van der Waals surface area contributed by atoms with Crippen molar-refractivity contribution in [2.75, 3.05) is 6.54 Å². The Labute approximate surface area is 92.7 Å². The lowest BCUT2D eigenvalue weighted by Crippen LogP contribution is -2.33. The largest absolute Gasteiger partial charge is 0.550 e. The number of carbonyl (C=O) groups excluding carboxylic acids is 2. The Balaban J connectivity index is 2.56. The first kappa shape index (κ1) is 11.6. The first-order valence-corrected chi connectivity index (χ1v) is 4.89. The van der Waals surface area contributed by atoms with E-state index >= 15 is 0 Å². The number of carboxylic acid groups (broad SMARTS) is 1. The van der Waals surface area contributed by atoms with Crippen LogP contribution in [-0.4, -0.2) is 34.5 Å². The first-order chi connectivity index (χ1) is 7.06. The monoisotopic (exact) mass is 227 g/mol. The molecule has 0 radical (unpaired) electrons. The van der Waals surface area contributed by atoms with Crippen molar-refractivity contribution >= 4 is 29.2 Å². The minimum absolute atomic E-state index is 0.159. The Kier molecular flexibility index (Phi) is 3.79. The number of hydrogen-bond acceptors (Lipinski definition) is 4. The van der Waals surface area contributed by atoms with Gasteiger partial charge in [0.25, 0.3) is 5.91 Å². The van der Waals surface area contributed by atoms with Crippen LogP contribution < -0.4 is 10.4 Å². The summed E-state index contributed by atoms with van der Waals surface area (Å²) >= 11 is 4.92. The van der Waals surface area contributed by atoms with Crippen LogP contribution in [0.2, 0.25) is 0 Å². The molecular formula is C9H11N2O3S-. The first-order valence-electron chi connectivity index (χ1n) is 4.49. The smallest absolute Gasteiger partial charge is 0.251 e. The third kappa shape index (κ3) is 2.76. The fourth-order valence-electron chi connectivity index (χ4n) is 1.34. The molecule has 82 valence electrons. The van der Waals surface area contributed by atoms with E-state index in [0.717, 1.165) is 0 Å². The van der Waals surface area contributed by atoms with Crippen molar-refractivity contribution < 1.29 is 14.7 Å². The molecule has 1 aliphatic rings. The average molecular weight is 227 g/mol. The summed E-state index contributed by atoms with van der Waals surface area (Å²) < 4.78 is 0. The molecule has 1 saturated heterocycles. The number of thiocarbonyl (C=S) groups is 1. The summed E-state index contributed by atoms with van der Waals surface area (Å²) in [6.45, 7) is 3.85. The fourth-order valence-corrected chi connectivity index (χ4v) is 1.64. The molecule has 0 aromatic carbocycles. The average Bonchev–Trinajstić information content (AvgIpc) is 2.43. The third-order valence-corrected chi connectivity index (χ3v) is 2.39. The molecule has 0 aliphatic carbocycles. The lowest BCUT2D eigenvalue weighted by molar-refractivity contribution is -0.305. The van der Waals surface area contributed by atoms with Gasteiger partial charge in [-0.25, -0.2) is 0 Å². The number of carboxylic acids is 1. The van der Waals surface area contributed by atoms with Gasteiger partial charge in [-0.05, 0) is 25.1 Å². The Hall–Kier alpha value is -1.43. The minimum Gasteiger partial charge on any atom is -0.550 e. The van der Waals surface area contributed by atoms with E-state index in [4.69, 9.17) is 12.2 Å². The molecule has 0 spiro atoms. The lowest BCUT2D eigenvalue weighted by atomic mass is 10.1. The number of nitrogens with one attached hydrogen (secondary N) is 1. The van der Waals surface area contributed by atoms with Crippen LogP contribution in [0.3, 0.4) is 0 Å². The fraction of sp³-hybridized carbons (Fsp3) is 0.444. The van der Waals surface area contributed by atoms with Crippen LogP contribution in [-0.2, 0) is 9.59 Å². The van der Waals surface area contributed by atoms with E-state index in [1.54, 1.807) is 6.08 Å². The van der Waals surface area contributed by atoms with Gasteiger partial charge in [0.05, 0.1) is 0 Å². The van der Waals surface area contributed by atoms with E-state index in [-0.39, 0.29) is 18.7 Å². The summed E-state index contributed by atoms with van der Waals surface area (Å²) in [5, 5.41) is 13.3. The molecular weight excluding hydrogens is 216 g/mol. The number of rotatable bonds is 5. The number of amides is 1. The Morgan fingerprint density at radius 1 is 1.73 bits per heavy atom. The predicted molar refractivity (Wildman–Crippen MR) is 55.7 cm³/mol. The highest BCUT2D eigenvalue weighted by molar-refractivity contribution is 7.80. The molecule has 1 atom stereocenters. The molecule has 0 aromatic rings. The topological polar surface area (TPSA) is 72.5 Å². The van der Waals surface area contributed by atoms with Crippen molar-refractivity contribution in [1.82, 2.24) is 10.2 Å². The Bertz CT molecular complexity index is 316. The van der Waals surface area contributed by atoms with Crippen LogP contribution in [0.15, 0.2) is 12.7 Å². The second-order valence-electron chi connectivity index (χ2n) is 3.15. The second kappa shape index (κ2) is 4.88. The van der Waals surface area contributed by atoms with E-state index in [1.807, 2.05) is 0 Å².